The molecular weight excluding hydrogens is 320 g/mol. The minimum absolute atomic E-state index is 0.371. The molecule has 0 radical (unpaired) electrons. The first-order valence-corrected chi connectivity index (χ1v) is 8.15. The Morgan fingerprint density at radius 1 is 0.920 bits per heavy atom. The number of hydrogen-bond acceptors (Lipinski definition) is 5. The van der Waals surface area contributed by atoms with Crippen molar-refractivity contribution in [3.63, 3.8) is 0 Å². The Morgan fingerprint density at radius 2 is 1.56 bits per heavy atom. The molecule has 0 fully saturated rings. The van der Waals surface area contributed by atoms with Crippen molar-refractivity contribution in [1.29, 1.82) is 0 Å². The van der Waals surface area contributed by atoms with Gasteiger partial charge in [-0.3, -0.25) is 0 Å². The minimum Gasteiger partial charge on any atom is -0.494 e. The largest absolute Gasteiger partial charge is 0.494 e. The van der Waals surface area contributed by atoms with Crippen LogP contribution < -0.4 is 24.6 Å². The third kappa shape index (κ3) is 2.48. The van der Waals surface area contributed by atoms with Crippen LogP contribution in [0, 0.1) is 0 Å². The molecule has 0 spiro atoms. The van der Waals surface area contributed by atoms with E-state index >= 15 is 0 Å². The number of ether oxygens (including phenoxy) is 3. The zero-order valence-corrected chi connectivity index (χ0v) is 13.9. The Morgan fingerprint density at radius 3 is 2.28 bits per heavy atom. The van der Waals surface area contributed by atoms with Crippen LogP contribution in [0.1, 0.15) is 25.8 Å². The summed E-state index contributed by atoms with van der Waals surface area (Å²) in [6.45, 7) is 4.38. The molecule has 0 amide bonds. The number of hydrogen-bond donors (Lipinski definition) is 0. The monoisotopic (exact) mass is 336 g/mol. The summed E-state index contributed by atoms with van der Waals surface area (Å²) >= 11 is 0. The molecule has 0 saturated heterocycles. The Bertz CT molecular complexity index is 1020. The molecule has 4 rings (SSSR count). The lowest BCUT2D eigenvalue weighted by molar-refractivity contribution is -0.128. The van der Waals surface area contributed by atoms with E-state index in [0.717, 1.165) is 17.7 Å². The molecule has 5 heteroatoms. The fraction of sp³-hybridized carbons (Fsp3) is 0.200. The van der Waals surface area contributed by atoms with Crippen LogP contribution in [0.5, 0.6) is 17.2 Å². The highest BCUT2D eigenvalue weighted by Gasteiger charge is 2.28. The molecule has 0 saturated carbocycles. The van der Waals surface area contributed by atoms with Crippen LogP contribution in [-0.2, 0) is 9.59 Å². The lowest BCUT2D eigenvalue weighted by Crippen LogP contribution is -2.10. The van der Waals surface area contributed by atoms with E-state index in [1.807, 2.05) is 31.2 Å². The maximum Gasteiger partial charge on any atom is 0.344 e. The lowest BCUT2D eigenvalue weighted by atomic mass is 10.0. The van der Waals surface area contributed by atoms with Gasteiger partial charge in [0.05, 0.1) is 12.2 Å². The highest BCUT2D eigenvalue weighted by atomic mass is 16.5. The van der Waals surface area contributed by atoms with Crippen LogP contribution in [0.3, 0.4) is 0 Å². The molecule has 0 unspecified atom stereocenters. The van der Waals surface area contributed by atoms with Crippen molar-refractivity contribution in [1.82, 2.24) is 0 Å². The van der Waals surface area contributed by atoms with Gasteiger partial charge in [-0.15, -0.1) is 0 Å². The van der Waals surface area contributed by atoms with Crippen molar-refractivity contribution in [2.75, 3.05) is 6.61 Å². The first-order valence-electron chi connectivity index (χ1n) is 8.15. The standard InChI is InChI=1S/C20H16O5/c1-3-8-23-13-6-4-12(5-7-13)18-15-10-16-14(11(2)19(21)24-16)9-17(15)25-20(18)22/h4-7,9-10H,3,8H2,1-2H3. The molecular formula is C20H16O5. The van der Waals surface area contributed by atoms with Gasteiger partial charge in [-0.25, -0.2) is 9.59 Å². The second-order valence-corrected chi connectivity index (χ2v) is 6.00. The SMILES string of the molecule is CCCOc1ccc(C2=c3cc4c(cc3OC2=O)=C(C)C(=O)O4)cc1. The average molecular weight is 336 g/mol. The number of carbonyl (C=O) groups excluding carboxylic acids is 2. The van der Waals surface area contributed by atoms with E-state index in [0.29, 0.717) is 39.7 Å². The second-order valence-electron chi connectivity index (χ2n) is 6.00. The predicted molar refractivity (Wildman–Crippen MR) is 90.8 cm³/mol. The normalized spacial score (nSPS) is 15.0. The number of benzene rings is 2. The molecule has 2 heterocycles. The molecule has 0 atom stereocenters. The van der Waals surface area contributed by atoms with Gasteiger partial charge in [-0.05, 0) is 43.2 Å². The zero-order chi connectivity index (χ0) is 17.6. The van der Waals surface area contributed by atoms with Crippen molar-refractivity contribution in [2.24, 2.45) is 0 Å². The van der Waals surface area contributed by atoms with Gasteiger partial charge in [0.1, 0.15) is 17.2 Å². The van der Waals surface area contributed by atoms with Gasteiger partial charge in [-0.2, -0.15) is 0 Å². The van der Waals surface area contributed by atoms with Gasteiger partial charge < -0.3 is 14.2 Å². The summed E-state index contributed by atoms with van der Waals surface area (Å²) in [5, 5.41) is 1.30. The Balaban J connectivity index is 1.82. The molecule has 2 aromatic rings. The van der Waals surface area contributed by atoms with Crippen molar-refractivity contribution < 1.29 is 23.8 Å². The molecule has 25 heavy (non-hydrogen) atoms. The summed E-state index contributed by atoms with van der Waals surface area (Å²) in [7, 11) is 0. The average Bonchev–Trinajstić information content (AvgIpc) is 3.07. The first kappa shape index (κ1) is 15.4. The second kappa shape index (κ2) is 5.77. The third-order valence-electron chi connectivity index (χ3n) is 4.29. The summed E-state index contributed by atoms with van der Waals surface area (Å²) in [4.78, 5) is 24.1. The van der Waals surface area contributed by atoms with Crippen LogP contribution >= 0.6 is 0 Å². The molecule has 0 bridgehead atoms. The van der Waals surface area contributed by atoms with E-state index in [1.54, 1.807) is 19.1 Å². The van der Waals surface area contributed by atoms with Crippen LogP contribution in [0.15, 0.2) is 36.4 Å². The van der Waals surface area contributed by atoms with E-state index in [2.05, 4.69) is 0 Å². The fourth-order valence-electron chi connectivity index (χ4n) is 2.98. The topological polar surface area (TPSA) is 61.8 Å². The highest BCUT2D eigenvalue weighted by Crippen LogP contribution is 2.26. The Kier molecular flexibility index (Phi) is 3.57. The molecule has 2 aliphatic heterocycles. The first-order chi connectivity index (χ1) is 12.1. The van der Waals surface area contributed by atoms with Crippen LogP contribution in [0.2, 0.25) is 0 Å². The number of fused-ring (bicyclic) bond motifs is 2. The van der Waals surface area contributed by atoms with Crippen LogP contribution in [-0.4, -0.2) is 18.5 Å². The molecule has 2 aromatic carbocycles. The molecule has 0 N–H and O–H groups in total. The van der Waals surface area contributed by atoms with E-state index in [9.17, 15) is 9.59 Å². The number of esters is 2. The van der Waals surface area contributed by atoms with Gasteiger partial charge in [0.25, 0.3) is 0 Å². The van der Waals surface area contributed by atoms with Crippen LogP contribution in [0.25, 0.3) is 11.1 Å². The molecule has 5 nitrogen and oxygen atoms in total. The summed E-state index contributed by atoms with van der Waals surface area (Å²) in [5.41, 5.74) is 1.71. The zero-order valence-electron chi connectivity index (χ0n) is 13.9. The number of carbonyl (C=O) groups is 2. The summed E-state index contributed by atoms with van der Waals surface area (Å²) in [6, 6.07) is 10.7. The third-order valence-corrected chi connectivity index (χ3v) is 4.29. The lowest BCUT2D eigenvalue weighted by Gasteiger charge is -2.05. The van der Waals surface area contributed by atoms with Gasteiger partial charge in [-0.1, -0.05) is 19.1 Å². The van der Waals surface area contributed by atoms with Crippen molar-refractivity contribution >= 4 is 23.1 Å². The minimum atomic E-state index is -0.412. The fourth-order valence-corrected chi connectivity index (χ4v) is 2.98. The molecule has 126 valence electrons. The van der Waals surface area contributed by atoms with Crippen molar-refractivity contribution in [2.45, 2.75) is 20.3 Å². The van der Waals surface area contributed by atoms with Gasteiger partial charge in [0, 0.05) is 16.0 Å². The predicted octanol–water partition coefficient (Wildman–Crippen LogP) is 1.68. The van der Waals surface area contributed by atoms with Crippen LogP contribution in [0.4, 0.5) is 0 Å². The summed E-state index contributed by atoms with van der Waals surface area (Å²) < 4.78 is 16.2. The van der Waals surface area contributed by atoms with Gasteiger partial charge in [0.15, 0.2) is 0 Å². The van der Waals surface area contributed by atoms with Gasteiger partial charge in [0.2, 0.25) is 0 Å². The summed E-state index contributed by atoms with van der Waals surface area (Å²) in [5.74, 6) is 0.877. The van der Waals surface area contributed by atoms with E-state index < -0.39 is 5.97 Å². The summed E-state index contributed by atoms with van der Waals surface area (Å²) in [6.07, 6.45) is 0.930. The number of rotatable bonds is 4. The van der Waals surface area contributed by atoms with E-state index in [-0.39, 0.29) is 5.97 Å². The Labute approximate surface area is 144 Å². The Hall–Kier alpha value is -3.08. The van der Waals surface area contributed by atoms with E-state index in [1.165, 1.54) is 0 Å². The van der Waals surface area contributed by atoms with E-state index in [4.69, 9.17) is 14.2 Å². The van der Waals surface area contributed by atoms with Gasteiger partial charge >= 0.3 is 11.9 Å². The maximum absolute atomic E-state index is 12.4. The van der Waals surface area contributed by atoms with Crippen molar-refractivity contribution in [3.8, 4) is 17.2 Å². The maximum atomic E-state index is 12.4. The quantitative estimate of drug-likeness (QED) is 0.628. The molecule has 0 aromatic heterocycles. The van der Waals surface area contributed by atoms with Crippen molar-refractivity contribution in [3.05, 3.63) is 52.4 Å². The smallest absolute Gasteiger partial charge is 0.344 e. The highest BCUT2D eigenvalue weighted by molar-refractivity contribution is 6.19. The molecule has 2 aliphatic rings. The molecule has 0 aliphatic carbocycles.